The Morgan fingerprint density at radius 3 is 2.33 bits per heavy atom. The Morgan fingerprint density at radius 2 is 1.94 bits per heavy atom. The Kier molecular flexibility index (Phi) is 6.26. The molecule has 6 heteroatoms. The predicted molar refractivity (Wildman–Crippen MR) is 63.2 cm³/mol. The molecule has 0 aromatic carbocycles. The van der Waals surface area contributed by atoms with Crippen LogP contribution in [0.4, 0.5) is 4.79 Å². The molecule has 1 atom stereocenters. The van der Waals surface area contributed by atoms with Gasteiger partial charge in [-0.25, -0.2) is 0 Å². The van der Waals surface area contributed by atoms with Crippen molar-refractivity contribution >= 4 is 17.8 Å². The average Bonchev–Trinajstić information content (AvgIpc) is 2.16. The molecule has 1 aliphatic heterocycles. The van der Waals surface area contributed by atoms with E-state index in [1.165, 1.54) is 0 Å². The maximum Gasteiger partial charge on any atom is 1.00 e. The van der Waals surface area contributed by atoms with Gasteiger partial charge in [0.15, 0.2) is 17.8 Å². The van der Waals surface area contributed by atoms with Crippen molar-refractivity contribution < 1.29 is 43.9 Å². The van der Waals surface area contributed by atoms with E-state index in [1.54, 1.807) is 20.8 Å². The molecular formula is C12H17N2NaO3. The third-order valence-corrected chi connectivity index (χ3v) is 3.12. The second-order valence-electron chi connectivity index (χ2n) is 4.43. The Morgan fingerprint density at radius 1 is 1.39 bits per heavy atom. The van der Waals surface area contributed by atoms with Crippen LogP contribution in [0.1, 0.15) is 34.1 Å². The summed E-state index contributed by atoms with van der Waals surface area (Å²) >= 11 is 0. The van der Waals surface area contributed by atoms with Gasteiger partial charge in [0.2, 0.25) is 0 Å². The van der Waals surface area contributed by atoms with Crippen LogP contribution in [0, 0.1) is 11.3 Å². The summed E-state index contributed by atoms with van der Waals surface area (Å²) in [4.78, 5) is 35.1. The molecule has 94 valence electrons. The van der Waals surface area contributed by atoms with Crippen LogP contribution in [0.5, 0.6) is 0 Å². The van der Waals surface area contributed by atoms with Crippen LogP contribution in [0.15, 0.2) is 11.6 Å². The third kappa shape index (κ3) is 2.68. The maximum atomic E-state index is 12.0. The second kappa shape index (κ2) is 6.50. The van der Waals surface area contributed by atoms with Gasteiger partial charge in [-0.15, -0.1) is 0 Å². The number of urea groups is 1. The molecule has 0 spiro atoms. The van der Waals surface area contributed by atoms with Gasteiger partial charge in [0, 0.05) is 0 Å². The van der Waals surface area contributed by atoms with Crippen molar-refractivity contribution in [3.8, 4) is 0 Å². The SMILES string of the molecule is CC/C=C(\C)C1(C(C)C)C(=O)[N-]C(=O)NC1=O.[Na+]. The molecule has 18 heavy (non-hydrogen) atoms. The standard InChI is InChI=1S/C12H18N2O3.Na/c1-5-6-8(4)12(7(2)3)9(15)13-11(17)14-10(12)16;/h6-7H,5H2,1-4H3,(H2,13,14,15,16,17);/q;+1/p-1/b8-6+;. The van der Waals surface area contributed by atoms with Crippen LogP contribution >= 0.6 is 0 Å². The van der Waals surface area contributed by atoms with Gasteiger partial charge in [-0.3, -0.25) is 14.4 Å². The van der Waals surface area contributed by atoms with Gasteiger partial charge in [-0.2, -0.15) is 0 Å². The predicted octanol–water partition coefficient (Wildman–Crippen LogP) is -0.861. The minimum absolute atomic E-state index is 0. The normalized spacial score (nSPS) is 24.5. The number of amides is 4. The minimum Gasteiger partial charge on any atom is -0.394 e. The van der Waals surface area contributed by atoms with Crippen LogP contribution in [0.25, 0.3) is 5.32 Å². The largest absolute Gasteiger partial charge is 1.00 e. The van der Waals surface area contributed by atoms with Gasteiger partial charge >= 0.3 is 29.6 Å². The first kappa shape index (κ1) is 17.4. The smallest absolute Gasteiger partial charge is 0.394 e. The fourth-order valence-corrected chi connectivity index (χ4v) is 2.28. The first-order chi connectivity index (χ1) is 7.87. The molecule has 1 fully saturated rings. The van der Waals surface area contributed by atoms with E-state index in [9.17, 15) is 14.4 Å². The van der Waals surface area contributed by atoms with Crippen molar-refractivity contribution in [1.82, 2.24) is 5.32 Å². The average molecular weight is 260 g/mol. The number of hydrogen-bond donors (Lipinski definition) is 1. The summed E-state index contributed by atoms with van der Waals surface area (Å²) in [5.74, 6) is -1.49. The Balaban J connectivity index is 0.00000289. The van der Waals surface area contributed by atoms with E-state index in [0.29, 0.717) is 5.57 Å². The second-order valence-corrected chi connectivity index (χ2v) is 4.43. The molecule has 0 radical (unpaired) electrons. The van der Waals surface area contributed by atoms with E-state index in [4.69, 9.17) is 0 Å². The quantitative estimate of drug-likeness (QED) is 0.407. The number of hydrogen-bond acceptors (Lipinski definition) is 3. The van der Waals surface area contributed by atoms with Crippen molar-refractivity contribution in [2.75, 3.05) is 0 Å². The molecule has 1 rings (SSSR count). The molecule has 5 nitrogen and oxygen atoms in total. The Bertz CT molecular complexity index is 382. The fourth-order valence-electron chi connectivity index (χ4n) is 2.28. The van der Waals surface area contributed by atoms with Crippen LogP contribution in [0.3, 0.4) is 0 Å². The molecule has 0 saturated carbocycles. The summed E-state index contributed by atoms with van der Waals surface area (Å²) in [6.45, 7) is 7.20. The number of nitrogens with one attached hydrogen (secondary N) is 1. The van der Waals surface area contributed by atoms with Crippen LogP contribution in [0.2, 0.25) is 0 Å². The van der Waals surface area contributed by atoms with E-state index in [2.05, 4.69) is 10.6 Å². The van der Waals surface area contributed by atoms with Gasteiger partial charge in [0.05, 0.1) is 0 Å². The van der Waals surface area contributed by atoms with Crippen molar-refractivity contribution in [2.45, 2.75) is 34.1 Å². The zero-order valence-electron chi connectivity index (χ0n) is 11.5. The van der Waals surface area contributed by atoms with Crippen molar-refractivity contribution in [1.29, 1.82) is 0 Å². The summed E-state index contributed by atoms with van der Waals surface area (Å²) in [5, 5.41) is 5.48. The molecule has 1 heterocycles. The van der Waals surface area contributed by atoms with Gasteiger partial charge in [-0.05, 0) is 19.3 Å². The first-order valence-electron chi connectivity index (χ1n) is 5.66. The summed E-state index contributed by atoms with van der Waals surface area (Å²) in [7, 11) is 0. The van der Waals surface area contributed by atoms with Gasteiger partial charge in [-0.1, -0.05) is 32.4 Å². The van der Waals surface area contributed by atoms with E-state index in [1.807, 2.05) is 13.0 Å². The molecule has 0 aliphatic carbocycles. The van der Waals surface area contributed by atoms with Crippen LogP contribution < -0.4 is 34.9 Å². The molecule has 0 bridgehead atoms. The number of rotatable bonds is 3. The molecule has 1 aliphatic rings. The summed E-state index contributed by atoms with van der Waals surface area (Å²) in [6.07, 6.45) is 2.54. The molecule has 1 saturated heterocycles. The summed E-state index contributed by atoms with van der Waals surface area (Å²) in [5.41, 5.74) is -0.682. The van der Waals surface area contributed by atoms with Gasteiger partial charge < -0.3 is 10.6 Å². The fraction of sp³-hybridized carbons (Fsp3) is 0.583. The number of allylic oxidation sites excluding steroid dienone is 1. The van der Waals surface area contributed by atoms with Crippen molar-refractivity contribution in [3.63, 3.8) is 0 Å². The van der Waals surface area contributed by atoms with Gasteiger partial charge in [0.25, 0.3) is 0 Å². The number of carbonyl (C=O) groups excluding carboxylic acids is 3. The van der Waals surface area contributed by atoms with E-state index >= 15 is 0 Å². The van der Waals surface area contributed by atoms with Crippen molar-refractivity contribution in [3.05, 3.63) is 17.0 Å². The zero-order chi connectivity index (χ0) is 13.2. The number of barbiturate groups is 1. The van der Waals surface area contributed by atoms with Crippen LogP contribution in [-0.4, -0.2) is 17.8 Å². The monoisotopic (exact) mass is 260 g/mol. The molecular weight excluding hydrogens is 243 g/mol. The topological polar surface area (TPSA) is 77.3 Å². The Hall–Kier alpha value is -0.650. The first-order valence-corrected chi connectivity index (χ1v) is 5.66. The van der Waals surface area contributed by atoms with E-state index in [0.717, 1.165) is 6.42 Å². The molecule has 1 unspecified atom stereocenters. The van der Waals surface area contributed by atoms with Crippen LogP contribution in [-0.2, 0) is 9.59 Å². The molecule has 1 N–H and O–H groups in total. The summed E-state index contributed by atoms with van der Waals surface area (Å²) in [6, 6.07) is -0.874. The third-order valence-electron chi connectivity index (χ3n) is 3.12. The number of nitrogens with zero attached hydrogens (tertiary/aromatic N) is 1. The van der Waals surface area contributed by atoms with Crippen molar-refractivity contribution in [2.24, 2.45) is 11.3 Å². The molecule has 4 amide bonds. The Labute approximate surface area is 129 Å². The summed E-state index contributed by atoms with van der Waals surface area (Å²) < 4.78 is 0. The van der Waals surface area contributed by atoms with E-state index < -0.39 is 23.3 Å². The molecule has 0 aromatic heterocycles. The minimum atomic E-state index is -1.33. The number of imide groups is 2. The van der Waals surface area contributed by atoms with E-state index in [-0.39, 0.29) is 35.5 Å². The molecule has 0 aromatic rings. The zero-order valence-corrected chi connectivity index (χ0v) is 13.5. The number of carbonyl (C=O) groups is 3. The maximum absolute atomic E-state index is 12.0. The van der Waals surface area contributed by atoms with Gasteiger partial charge in [0.1, 0.15) is 5.41 Å².